The molecule has 7 nitrogen and oxygen atoms in total. The number of nitrogens with two attached hydrogens (primary N) is 1. The maximum absolute atomic E-state index is 11.9. The Bertz CT molecular complexity index is 364. The second-order valence-electron chi connectivity index (χ2n) is 5.18. The van der Waals surface area contributed by atoms with Crippen LogP contribution in [-0.2, 0) is 4.79 Å². The number of hydrogen-bond acceptors (Lipinski definition) is 5. The summed E-state index contributed by atoms with van der Waals surface area (Å²) in [7, 11) is 0. The van der Waals surface area contributed by atoms with E-state index >= 15 is 0 Å². The van der Waals surface area contributed by atoms with Gasteiger partial charge in [0.05, 0.1) is 6.04 Å². The predicted molar refractivity (Wildman–Crippen MR) is 72.0 cm³/mol. The molecule has 0 spiro atoms. The summed E-state index contributed by atoms with van der Waals surface area (Å²) in [5.74, 6) is 1.55. The van der Waals surface area contributed by atoms with Crippen molar-refractivity contribution in [1.82, 2.24) is 25.9 Å². The first kappa shape index (κ1) is 15.6. The van der Waals surface area contributed by atoms with Crippen molar-refractivity contribution in [3.05, 3.63) is 5.82 Å². The highest BCUT2D eigenvalue weighted by Gasteiger charge is 2.17. The number of hydrogen-bond donors (Lipinski definition) is 3. The summed E-state index contributed by atoms with van der Waals surface area (Å²) in [6, 6.07) is -0.224. The average molecular weight is 268 g/mol. The smallest absolute Gasteiger partial charge is 0.220 e. The highest BCUT2D eigenvalue weighted by Crippen LogP contribution is 2.20. The molecule has 0 saturated heterocycles. The van der Waals surface area contributed by atoms with Gasteiger partial charge in [-0.1, -0.05) is 19.1 Å². The number of tetrazole rings is 1. The van der Waals surface area contributed by atoms with Gasteiger partial charge in [0.25, 0.3) is 0 Å². The van der Waals surface area contributed by atoms with Gasteiger partial charge in [-0.3, -0.25) is 4.79 Å². The summed E-state index contributed by atoms with van der Waals surface area (Å²) in [5, 5.41) is 16.4. The molecular formula is C12H24N6O. The minimum atomic E-state index is -0.224. The van der Waals surface area contributed by atoms with E-state index in [2.05, 4.69) is 39.8 Å². The van der Waals surface area contributed by atoms with Crippen LogP contribution >= 0.6 is 0 Å². The molecule has 2 atom stereocenters. The SMILES string of the molecule is CC(NC(=O)CCC(CCN)C(C)C)c1nn[nH]n1. The zero-order valence-electron chi connectivity index (χ0n) is 11.9. The third kappa shape index (κ3) is 5.34. The largest absolute Gasteiger partial charge is 0.346 e. The van der Waals surface area contributed by atoms with E-state index in [1.54, 1.807) is 0 Å². The molecule has 0 aromatic carbocycles. The number of aromatic nitrogens is 4. The van der Waals surface area contributed by atoms with Crippen LogP contribution in [0.5, 0.6) is 0 Å². The number of carbonyl (C=O) groups is 1. The van der Waals surface area contributed by atoms with Crippen molar-refractivity contribution < 1.29 is 4.79 Å². The molecule has 0 aliphatic heterocycles. The van der Waals surface area contributed by atoms with E-state index in [0.29, 0.717) is 30.6 Å². The summed E-state index contributed by atoms with van der Waals surface area (Å²) in [6.07, 6.45) is 2.33. The van der Waals surface area contributed by atoms with E-state index in [9.17, 15) is 4.79 Å². The molecule has 0 aliphatic carbocycles. The number of aromatic amines is 1. The Morgan fingerprint density at radius 1 is 1.37 bits per heavy atom. The lowest BCUT2D eigenvalue weighted by atomic mass is 9.88. The normalized spacial score (nSPS) is 14.4. The van der Waals surface area contributed by atoms with Crippen LogP contribution in [0.1, 0.15) is 51.9 Å². The molecule has 108 valence electrons. The Labute approximate surface area is 113 Å². The zero-order valence-corrected chi connectivity index (χ0v) is 11.9. The van der Waals surface area contributed by atoms with Crippen LogP contribution in [0.4, 0.5) is 0 Å². The summed E-state index contributed by atoms with van der Waals surface area (Å²) < 4.78 is 0. The van der Waals surface area contributed by atoms with Crippen LogP contribution in [0, 0.1) is 11.8 Å². The highest BCUT2D eigenvalue weighted by atomic mass is 16.1. The molecule has 7 heteroatoms. The number of carbonyl (C=O) groups excluding carboxylic acids is 1. The minimum Gasteiger partial charge on any atom is -0.346 e. The fraction of sp³-hybridized carbons (Fsp3) is 0.833. The van der Waals surface area contributed by atoms with Gasteiger partial charge < -0.3 is 11.1 Å². The lowest BCUT2D eigenvalue weighted by Gasteiger charge is -2.20. The van der Waals surface area contributed by atoms with Gasteiger partial charge in [-0.05, 0) is 38.1 Å². The van der Waals surface area contributed by atoms with Crippen molar-refractivity contribution in [3.8, 4) is 0 Å². The molecule has 1 heterocycles. The summed E-state index contributed by atoms with van der Waals surface area (Å²) in [4.78, 5) is 11.9. The maximum Gasteiger partial charge on any atom is 0.220 e. The molecule has 1 rings (SSSR count). The quantitative estimate of drug-likeness (QED) is 0.645. The van der Waals surface area contributed by atoms with E-state index in [4.69, 9.17) is 5.73 Å². The van der Waals surface area contributed by atoms with E-state index in [-0.39, 0.29) is 11.9 Å². The summed E-state index contributed by atoms with van der Waals surface area (Å²) in [5.41, 5.74) is 5.59. The number of nitrogens with one attached hydrogen (secondary N) is 2. The van der Waals surface area contributed by atoms with Crippen molar-refractivity contribution in [3.63, 3.8) is 0 Å². The fourth-order valence-electron chi connectivity index (χ4n) is 2.07. The van der Waals surface area contributed by atoms with Gasteiger partial charge in [-0.15, -0.1) is 10.2 Å². The van der Waals surface area contributed by atoms with Crippen LogP contribution in [0.3, 0.4) is 0 Å². The summed E-state index contributed by atoms with van der Waals surface area (Å²) in [6.45, 7) is 6.84. The number of H-pyrrole nitrogens is 1. The topological polar surface area (TPSA) is 110 Å². The molecular weight excluding hydrogens is 244 g/mol. The van der Waals surface area contributed by atoms with Gasteiger partial charge in [0, 0.05) is 6.42 Å². The van der Waals surface area contributed by atoms with Gasteiger partial charge in [-0.25, -0.2) is 0 Å². The average Bonchev–Trinajstić information content (AvgIpc) is 2.87. The van der Waals surface area contributed by atoms with Crippen molar-refractivity contribution in [1.29, 1.82) is 0 Å². The Morgan fingerprint density at radius 3 is 2.63 bits per heavy atom. The van der Waals surface area contributed by atoms with Gasteiger partial charge in [0.2, 0.25) is 5.91 Å². The Hall–Kier alpha value is -1.50. The first-order valence-corrected chi connectivity index (χ1v) is 6.77. The minimum absolute atomic E-state index is 0.0139. The number of rotatable bonds is 8. The first-order valence-electron chi connectivity index (χ1n) is 6.77. The molecule has 4 N–H and O–H groups in total. The third-order valence-corrected chi connectivity index (χ3v) is 3.35. The zero-order chi connectivity index (χ0) is 14.3. The molecule has 0 radical (unpaired) electrons. The molecule has 0 bridgehead atoms. The molecule has 19 heavy (non-hydrogen) atoms. The van der Waals surface area contributed by atoms with Gasteiger partial charge >= 0.3 is 0 Å². The van der Waals surface area contributed by atoms with Crippen LogP contribution in [0.15, 0.2) is 0 Å². The standard InChI is InChI=1S/C12H24N6O/c1-8(2)10(6-7-13)4-5-11(19)14-9(3)12-15-17-18-16-12/h8-10H,4-7,13H2,1-3H3,(H,14,19)(H,15,16,17,18). The van der Waals surface area contributed by atoms with Crippen molar-refractivity contribution >= 4 is 5.91 Å². The third-order valence-electron chi connectivity index (χ3n) is 3.35. The molecule has 1 aromatic heterocycles. The van der Waals surface area contributed by atoms with E-state index in [0.717, 1.165) is 12.8 Å². The molecule has 2 unspecified atom stereocenters. The predicted octanol–water partition coefficient (Wildman–Crippen LogP) is 0.778. The van der Waals surface area contributed by atoms with Crippen LogP contribution in [0.25, 0.3) is 0 Å². The Balaban J connectivity index is 2.34. The van der Waals surface area contributed by atoms with Crippen molar-refractivity contribution in [2.45, 2.75) is 46.1 Å². The second kappa shape index (κ2) is 7.83. The molecule has 1 aromatic rings. The van der Waals surface area contributed by atoms with Gasteiger partial charge in [-0.2, -0.15) is 5.21 Å². The maximum atomic E-state index is 11.9. The number of amides is 1. The Kier molecular flexibility index (Phi) is 6.41. The monoisotopic (exact) mass is 268 g/mol. The molecule has 0 fully saturated rings. The summed E-state index contributed by atoms with van der Waals surface area (Å²) >= 11 is 0. The second-order valence-corrected chi connectivity index (χ2v) is 5.18. The van der Waals surface area contributed by atoms with Gasteiger partial charge in [0.15, 0.2) is 5.82 Å². The Morgan fingerprint density at radius 2 is 2.11 bits per heavy atom. The molecule has 0 saturated carbocycles. The van der Waals surface area contributed by atoms with E-state index in [1.165, 1.54) is 0 Å². The number of nitrogens with zero attached hydrogens (tertiary/aromatic N) is 3. The van der Waals surface area contributed by atoms with E-state index in [1.807, 2.05) is 6.92 Å². The molecule has 1 amide bonds. The van der Waals surface area contributed by atoms with Crippen molar-refractivity contribution in [2.75, 3.05) is 6.54 Å². The molecule has 0 aliphatic rings. The van der Waals surface area contributed by atoms with Crippen molar-refractivity contribution in [2.24, 2.45) is 17.6 Å². The highest BCUT2D eigenvalue weighted by molar-refractivity contribution is 5.76. The lowest BCUT2D eigenvalue weighted by molar-refractivity contribution is -0.122. The van der Waals surface area contributed by atoms with Gasteiger partial charge in [0.1, 0.15) is 0 Å². The fourth-order valence-corrected chi connectivity index (χ4v) is 2.07. The van der Waals surface area contributed by atoms with E-state index < -0.39 is 0 Å². The first-order chi connectivity index (χ1) is 9.04. The lowest BCUT2D eigenvalue weighted by Crippen LogP contribution is -2.28. The van der Waals surface area contributed by atoms with Crippen LogP contribution < -0.4 is 11.1 Å². The van der Waals surface area contributed by atoms with Crippen LogP contribution in [0.2, 0.25) is 0 Å². The van der Waals surface area contributed by atoms with Crippen LogP contribution in [-0.4, -0.2) is 33.1 Å².